The van der Waals surface area contributed by atoms with Crippen molar-refractivity contribution in [1.82, 2.24) is 4.90 Å². The summed E-state index contributed by atoms with van der Waals surface area (Å²) < 4.78 is 4.83. The number of amides is 2. The lowest BCUT2D eigenvalue weighted by Gasteiger charge is -2.30. The molecule has 1 unspecified atom stereocenters. The van der Waals surface area contributed by atoms with Crippen LogP contribution in [0.4, 0.5) is 10.5 Å². The minimum absolute atomic E-state index is 0.0713. The van der Waals surface area contributed by atoms with Gasteiger partial charge in [-0.3, -0.25) is 9.69 Å². The Morgan fingerprint density at radius 3 is 2.36 bits per heavy atom. The van der Waals surface area contributed by atoms with Gasteiger partial charge in [0.1, 0.15) is 6.04 Å². The van der Waals surface area contributed by atoms with Gasteiger partial charge in [-0.05, 0) is 30.5 Å². The summed E-state index contributed by atoms with van der Waals surface area (Å²) in [5.74, 6) is -0.0713. The molecule has 1 atom stereocenters. The van der Waals surface area contributed by atoms with Crippen LogP contribution >= 0.6 is 0 Å². The summed E-state index contributed by atoms with van der Waals surface area (Å²) in [5.41, 5.74) is 1.87. The molecule has 0 bridgehead atoms. The first-order chi connectivity index (χ1) is 12.2. The van der Waals surface area contributed by atoms with Crippen LogP contribution < -0.4 is 4.90 Å². The Labute approximate surface area is 147 Å². The van der Waals surface area contributed by atoms with Crippen LogP contribution in [0, 0.1) is 0 Å². The van der Waals surface area contributed by atoms with Crippen LogP contribution in [0.2, 0.25) is 0 Å². The largest absolute Gasteiger partial charge is 0.453 e. The highest BCUT2D eigenvalue weighted by molar-refractivity contribution is 5.98. The van der Waals surface area contributed by atoms with E-state index in [1.54, 1.807) is 4.90 Å². The number of methoxy groups -OCH3 is 1. The molecule has 2 amide bonds. The number of nitrogens with zero attached hydrogens (tertiary/aromatic N) is 2. The number of hydrogen-bond donors (Lipinski definition) is 0. The number of likely N-dealkylation sites (tertiary alicyclic amines) is 1. The van der Waals surface area contributed by atoms with Gasteiger partial charge in [0.05, 0.1) is 13.7 Å². The molecule has 1 saturated heterocycles. The maximum absolute atomic E-state index is 13.3. The Morgan fingerprint density at radius 2 is 1.72 bits per heavy atom. The molecule has 5 nitrogen and oxygen atoms in total. The average molecular weight is 338 g/mol. The molecule has 2 aromatic carbocycles. The van der Waals surface area contributed by atoms with Crippen LogP contribution in [-0.2, 0) is 16.1 Å². The van der Waals surface area contributed by atoms with E-state index in [0.29, 0.717) is 19.5 Å². The van der Waals surface area contributed by atoms with E-state index in [1.807, 2.05) is 60.7 Å². The molecular formula is C20H22N2O3. The lowest BCUT2D eigenvalue weighted by atomic mass is 10.1. The summed E-state index contributed by atoms with van der Waals surface area (Å²) in [4.78, 5) is 28.5. The molecule has 1 fully saturated rings. The molecule has 5 heteroatoms. The zero-order valence-electron chi connectivity index (χ0n) is 14.3. The van der Waals surface area contributed by atoms with Crippen molar-refractivity contribution in [2.45, 2.75) is 25.4 Å². The van der Waals surface area contributed by atoms with Crippen molar-refractivity contribution in [1.29, 1.82) is 0 Å². The monoisotopic (exact) mass is 338 g/mol. The van der Waals surface area contributed by atoms with Crippen molar-refractivity contribution >= 4 is 17.7 Å². The number of carbonyl (C=O) groups is 2. The van der Waals surface area contributed by atoms with Crippen LogP contribution in [0.3, 0.4) is 0 Å². The summed E-state index contributed by atoms with van der Waals surface area (Å²) in [6, 6.07) is 19.0. The fraction of sp³-hybridized carbons (Fsp3) is 0.300. The Hall–Kier alpha value is -2.82. The molecule has 0 radical (unpaired) electrons. The van der Waals surface area contributed by atoms with Crippen LogP contribution in [0.25, 0.3) is 0 Å². The van der Waals surface area contributed by atoms with Crippen molar-refractivity contribution in [3.8, 4) is 0 Å². The smallest absolute Gasteiger partial charge is 0.410 e. The van der Waals surface area contributed by atoms with E-state index in [1.165, 1.54) is 12.0 Å². The number of rotatable bonds is 4. The Bertz CT molecular complexity index is 718. The van der Waals surface area contributed by atoms with Crippen LogP contribution in [-0.4, -0.2) is 36.6 Å². The number of carbonyl (C=O) groups excluding carboxylic acids is 2. The molecule has 1 heterocycles. The zero-order valence-corrected chi connectivity index (χ0v) is 14.3. The van der Waals surface area contributed by atoms with Gasteiger partial charge in [-0.1, -0.05) is 48.5 Å². The third kappa shape index (κ3) is 3.82. The van der Waals surface area contributed by atoms with E-state index in [0.717, 1.165) is 17.7 Å². The maximum atomic E-state index is 13.3. The molecule has 2 aromatic rings. The van der Waals surface area contributed by atoms with Crippen molar-refractivity contribution in [3.63, 3.8) is 0 Å². The number of anilines is 1. The Kier molecular flexibility index (Phi) is 5.33. The predicted molar refractivity (Wildman–Crippen MR) is 96.2 cm³/mol. The van der Waals surface area contributed by atoms with E-state index in [-0.39, 0.29) is 5.91 Å². The topological polar surface area (TPSA) is 49.9 Å². The van der Waals surface area contributed by atoms with Crippen molar-refractivity contribution in [3.05, 3.63) is 66.2 Å². The lowest BCUT2D eigenvalue weighted by Crippen LogP contribution is -2.47. The molecule has 0 saturated carbocycles. The fourth-order valence-corrected chi connectivity index (χ4v) is 3.21. The van der Waals surface area contributed by atoms with Gasteiger partial charge in [0, 0.05) is 12.2 Å². The van der Waals surface area contributed by atoms with Gasteiger partial charge in [-0.15, -0.1) is 0 Å². The number of hydrogen-bond acceptors (Lipinski definition) is 3. The van der Waals surface area contributed by atoms with Crippen molar-refractivity contribution in [2.75, 3.05) is 18.6 Å². The maximum Gasteiger partial charge on any atom is 0.410 e. The van der Waals surface area contributed by atoms with Crippen molar-refractivity contribution < 1.29 is 14.3 Å². The van der Waals surface area contributed by atoms with E-state index < -0.39 is 12.1 Å². The van der Waals surface area contributed by atoms with E-state index >= 15 is 0 Å². The summed E-state index contributed by atoms with van der Waals surface area (Å²) in [6.45, 7) is 1.02. The Balaban J connectivity index is 1.88. The molecular weight excluding hydrogens is 316 g/mol. The highest BCUT2D eigenvalue weighted by atomic mass is 16.5. The van der Waals surface area contributed by atoms with Gasteiger partial charge in [0.15, 0.2) is 0 Å². The Morgan fingerprint density at radius 1 is 1.08 bits per heavy atom. The summed E-state index contributed by atoms with van der Waals surface area (Å²) in [5, 5.41) is 0. The molecule has 0 spiro atoms. The van der Waals surface area contributed by atoms with Gasteiger partial charge in [0.25, 0.3) is 0 Å². The highest BCUT2D eigenvalue weighted by Gasteiger charge is 2.37. The van der Waals surface area contributed by atoms with E-state index in [9.17, 15) is 9.59 Å². The number of benzene rings is 2. The SMILES string of the molecule is COC(=O)N1CCCC1C(=O)N(Cc1ccccc1)c1ccccc1. The zero-order chi connectivity index (χ0) is 17.6. The summed E-state index contributed by atoms with van der Waals surface area (Å²) in [6.07, 6.45) is 1.02. The van der Waals surface area contributed by atoms with Gasteiger partial charge >= 0.3 is 6.09 Å². The number of para-hydroxylation sites is 1. The van der Waals surface area contributed by atoms with E-state index in [2.05, 4.69) is 0 Å². The minimum Gasteiger partial charge on any atom is -0.453 e. The lowest BCUT2D eigenvalue weighted by molar-refractivity contribution is -0.122. The number of ether oxygens (including phenoxy) is 1. The first kappa shape index (κ1) is 17.0. The molecule has 25 heavy (non-hydrogen) atoms. The van der Waals surface area contributed by atoms with Gasteiger partial charge in [0.2, 0.25) is 5.91 Å². The first-order valence-corrected chi connectivity index (χ1v) is 8.45. The van der Waals surface area contributed by atoms with Crippen molar-refractivity contribution in [2.24, 2.45) is 0 Å². The molecule has 1 aliphatic rings. The second kappa shape index (κ2) is 7.83. The minimum atomic E-state index is -0.476. The van der Waals surface area contributed by atoms with E-state index in [4.69, 9.17) is 4.74 Å². The summed E-state index contributed by atoms with van der Waals surface area (Å²) >= 11 is 0. The average Bonchev–Trinajstić information content (AvgIpc) is 3.16. The van der Waals surface area contributed by atoms with Crippen LogP contribution in [0.5, 0.6) is 0 Å². The standard InChI is InChI=1S/C20H22N2O3/c1-25-20(24)21-14-8-13-18(21)19(23)22(17-11-6-3-7-12-17)15-16-9-4-2-5-10-16/h2-7,9-12,18H,8,13-15H2,1H3. The predicted octanol–water partition coefficient (Wildman–Crippen LogP) is 3.45. The third-order valence-corrected chi connectivity index (χ3v) is 4.46. The second-order valence-electron chi connectivity index (χ2n) is 6.07. The van der Waals surface area contributed by atoms with Crippen LogP contribution in [0.1, 0.15) is 18.4 Å². The molecule has 0 N–H and O–H groups in total. The molecule has 130 valence electrons. The molecule has 0 aliphatic carbocycles. The summed E-state index contributed by atoms with van der Waals surface area (Å²) in [7, 11) is 1.35. The highest BCUT2D eigenvalue weighted by Crippen LogP contribution is 2.25. The van der Waals surface area contributed by atoms with Gasteiger partial charge in [-0.25, -0.2) is 4.79 Å². The molecule has 1 aliphatic heterocycles. The quantitative estimate of drug-likeness (QED) is 0.858. The van der Waals surface area contributed by atoms with Gasteiger partial charge < -0.3 is 9.64 Å². The molecule has 3 rings (SSSR count). The first-order valence-electron chi connectivity index (χ1n) is 8.45. The molecule has 0 aromatic heterocycles. The second-order valence-corrected chi connectivity index (χ2v) is 6.07. The third-order valence-electron chi connectivity index (χ3n) is 4.46. The fourth-order valence-electron chi connectivity index (χ4n) is 3.21. The van der Waals surface area contributed by atoms with Crippen LogP contribution in [0.15, 0.2) is 60.7 Å². The normalized spacial score (nSPS) is 16.5. The van der Waals surface area contributed by atoms with Gasteiger partial charge in [-0.2, -0.15) is 0 Å².